The first-order valence-electron chi connectivity index (χ1n) is 4.36. The minimum Gasteiger partial charge on any atom is -0.480 e. The Hall–Kier alpha value is -1.17. The Morgan fingerprint density at radius 3 is 2.60 bits per heavy atom. The molecule has 0 spiro atoms. The van der Waals surface area contributed by atoms with Crippen molar-refractivity contribution < 1.29 is 9.66 Å². The highest BCUT2D eigenvalue weighted by atomic mass is 79.9. The summed E-state index contributed by atoms with van der Waals surface area (Å²) < 4.78 is 5.48. The number of nitro groups is 1. The lowest BCUT2D eigenvalue weighted by molar-refractivity contribution is -0.386. The molecule has 0 bridgehead atoms. The highest BCUT2D eigenvalue weighted by Crippen LogP contribution is 2.32. The predicted octanol–water partition coefficient (Wildman–Crippen LogP) is 2.88. The number of ether oxygens (including phenoxy) is 1. The average Bonchev–Trinajstić information content (AvgIpc) is 2.16. The van der Waals surface area contributed by atoms with Crippen molar-refractivity contribution in [3.63, 3.8) is 0 Å². The first-order chi connectivity index (χ1) is 6.97. The zero-order valence-electron chi connectivity index (χ0n) is 8.65. The van der Waals surface area contributed by atoms with Gasteiger partial charge in [-0.3, -0.25) is 10.1 Å². The Morgan fingerprint density at radius 2 is 2.20 bits per heavy atom. The fraction of sp³-hybridized carbons (Fsp3) is 0.444. The van der Waals surface area contributed by atoms with Gasteiger partial charge in [0.15, 0.2) is 0 Å². The molecule has 0 N–H and O–H groups in total. The van der Waals surface area contributed by atoms with Gasteiger partial charge in [-0.1, -0.05) is 13.8 Å². The molecule has 0 amide bonds. The zero-order chi connectivity index (χ0) is 11.6. The molecule has 0 aliphatic rings. The molecule has 1 aromatic heterocycles. The molecule has 0 unspecified atom stereocenters. The molecule has 82 valence electrons. The summed E-state index contributed by atoms with van der Waals surface area (Å²) in [5.41, 5.74) is 0.442. The van der Waals surface area contributed by atoms with Crippen molar-refractivity contribution >= 4 is 21.6 Å². The van der Waals surface area contributed by atoms with Crippen molar-refractivity contribution in [2.45, 2.75) is 19.8 Å². The number of halogens is 1. The fourth-order valence-corrected chi connectivity index (χ4v) is 1.66. The van der Waals surface area contributed by atoms with Crippen molar-refractivity contribution in [1.82, 2.24) is 4.98 Å². The van der Waals surface area contributed by atoms with Crippen molar-refractivity contribution in [3.05, 3.63) is 26.3 Å². The van der Waals surface area contributed by atoms with Crippen LogP contribution >= 0.6 is 15.9 Å². The van der Waals surface area contributed by atoms with Gasteiger partial charge in [0.2, 0.25) is 5.88 Å². The molecule has 1 heterocycles. The van der Waals surface area contributed by atoms with E-state index in [4.69, 9.17) is 4.74 Å². The van der Waals surface area contributed by atoms with Crippen molar-refractivity contribution in [1.29, 1.82) is 0 Å². The lowest BCUT2D eigenvalue weighted by Gasteiger charge is -2.08. The van der Waals surface area contributed by atoms with E-state index >= 15 is 0 Å². The Labute approximate surface area is 95.7 Å². The molecule has 0 atom stereocenters. The molecule has 15 heavy (non-hydrogen) atoms. The third-order valence-electron chi connectivity index (χ3n) is 1.89. The second-order valence-electron chi connectivity index (χ2n) is 3.30. The molecule has 0 aromatic carbocycles. The number of aromatic nitrogens is 1. The van der Waals surface area contributed by atoms with Crippen molar-refractivity contribution in [2.24, 2.45) is 0 Å². The van der Waals surface area contributed by atoms with Crippen LogP contribution in [0.1, 0.15) is 25.5 Å². The normalized spacial score (nSPS) is 10.5. The Bertz CT molecular complexity index is 393. The number of hydrogen-bond acceptors (Lipinski definition) is 4. The molecule has 0 saturated heterocycles. The molecule has 6 heteroatoms. The van der Waals surface area contributed by atoms with E-state index in [1.807, 2.05) is 13.8 Å². The minimum absolute atomic E-state index is 0.0117. The molecule has 1 aromatic rings. The highest BCUT2D eigenvalue weighted by Gasteiger charge is 2.21. The molecule has 0 aliphatic heterocycles. The largest absolute Gasteiger partial charge is 0.480 e. The van der Waals surface area contributed by atoms with Crippen LogP contribution in [-0.4, -0.2) is 17.0 Å². The van der Waals surface area contributed by atoms with Gasteiger partial charge in [-0.25, -0.2) is 4.98 Å². The molecule has 5 nitrogen and oxygen atoms in total. The highest BCUT2D eigenvalue weighted by molar-refractivity contribution is 9.10. The third kappa shape index (κ3) is 2.44. The molecular weight excluding hydrogens is 264 g/mol. The Morgan fingerprint density at radius 1 is 1.60 bits per heavy atom. The maximum Gasteiger partial charge on any atom is 0.292 e. The van der Waals surface area contributed by atoms with Crippen LogP contribution in [0.15, 0.2) is 10.5 Å². The van der Waals surface area contributed by atoms with Crippen molar-refractivity contribution in [2.75, 3.05) is 7.11 Å². The first-order valence-corrected chi connectivity index (χ1v) is 5.15. The Balaban J connectivity index is 3.38. The van der Waals surface area contributed by atoms with E-state index in [-0.39, 0.29) is 11.6 Å². The summed E-state index contributed by atoms with van der Waals surface area (Å²) in [6, 6.07) is 1.42. The summed E-state index contributed by atoms with van der Waals surface area (Å²) in [4.78, 5) is 14.4. The van der Waals surface area contributed by atoms with Crippen LogP contribution in [0.2, 0.25) is 0 Å². The van der Waals surface area contributed by atoms with E-state index < -0.39 is 4.92 Å². The number of rotatable bonds is 3. The van der Waals surface area contributed by atoms with Gasteiger partial charge in [0.05, 0.1) is 16.5 Å². The van der Waals surface area contributed by atoms with Crippen LogP contribution in [0.5, 0.6) is 5.88 Å². The molecule has 0 radical (unpaired) electrons. The standard InChI is InChI=1S/C9H11BrN2O3/c1-5(2)8-7(12(13)14)4-6(10)9(11-8)15-3/h4-5H,1-3H3. The van der Waals surface area contributed by atoms with Gasteiger partial charge in [-0.05, 0) is 15.9 Å². The van der Waals surface area contributed by atoms with Gasteiger partial charge < -0.3 is 4.74 Å². The van der Waals surface area contributed by atoms with Crippen LogP contribution in [0.4, 0.5) is 5.69 Å². The summed E-state index contributed by atoms with van der Waals surface area (Å²) >= 11 is 3.17. The molecule has 1 rings (SSSR count). The van der Waals surface area contributed by atoms with E-state index in [0.717, 1.165) is 0 Å². The van der Waals surface area contributed by atoms with Crippen LogP contribution in [-0.2, 0) is 0 Å². The minimum atomic E-state index is -0.438. The van der Waals surface area contributed by atoms with Crippen LogP contribution in [0, 0.1) is 10.1 Å². The van der Waals surface area contributed by atoms with E-state index in [1.165, 1.54) is 13.2 Å². The third-order valence-corrected chi connectivity index (χ3v) is 2.46. The topological polar surface area (TPSA) is 65.3 Å². The lowest BCUT2D eigenvalue weighted by Crippen LogP contribution is -2.02. The maximum absolute atomic E-state index is 10.8. The van der Waals surface area contributed by atoms with Gasteiger partial charge >= 0.3 is 0 Å². The van der Waals surface area contributed by atoms with Gasteiger partial charge in [-0.2, -0.15) is 0 Å². The second kappa shape index (κ2) is 4.57. The van der Waals surface area contributed by atoms with E-state index in [2.05, 4.69) is 20.9 Å². The molecule has 0 saturated carbocycles. The smallest absolute Gasteiger partial charge is 0.292 e. The molecule has 0 aliphatic carbocycles. The van der Waals surface area contributed by atoms with Crippen LogP contribution in [0.3, 0.4) is 0 Å². The summed E-state index contributed by atoms with van der Waals surface area (Å²) in [5.74, 6) is 0.344. The van der Waals surface area contributed by atoms with Crippen molar-refractivity contribution in [3.8, 4) is 5.88 Å². The fourth-order valence-electron chi connectivity index (χ4n) is 1.19. The van der Waals surface area contributed by atoms with Gasteiger partial charge in [0, 0.05) is 12.0 Å². The van der Waals surface area contributed by atoms with Gasteiger partial charge in [0.1, 0.15) is 5.69 Å². The Kier molecular flexibility index (Phi) is 3.62. The monoisotopic (exact) mass is 274 g/mol. The SMILES string of the molecule is COc1nc(C(C)C)c([N+](=O)[O-])cc1Br. The zero-order valence-corrected chi connectivity index (χ0v) is 10.2. The van der Waals surface area contributed by atoms with Crippen LogP contribution in [0.25, 0.3) is 0 Å². The van der Waals surface area contributed by atoms with E-state index in [1.54, 1.807) is 0 Å². The maximum atomic E-state index is 10.8. The van der Waals surface area contributed by atoms with Crippen LogP contribution < -0.4 is 4.74 Å². The molecule has 0 fully saturated rings. The van der Waals surface area contributed by atoms with Gasteiger partial charge in [0.25, 0.3) is 5.69 Å². The lowest BCUT2D eigenvalue weighted by atomic mass is 10.1. The van der Waals surface area contributed by atoms with E-state index in [0.29, 0.717) is 16.0 Å². The number of hydrogen-bond donors (Lipinski definition) is 0. The second-order valence-corrected chi connectivity index (χ2v) is 4.15. The summed E-state index contributed by atoms with van der Waals surface area (Å²) in [7, 11) is 1.48. The number of methoxy groups -OCH3 is 1. The first kappa shape index (κ1) is 11.9. The summed E-state index contributed by atoms with van der Waals surface area (Å²) in [6.45, 7) is 3.70. The summed E-state index contributed by atoms with van der Waals surface area (Å²) in [6.07, 6.45) is 0. The van der Waals surface area contributed by atoms with Gasteiger partial charge in [-0.15, -0.1) is 0 Å². The summed E-state index contributed by atoms with van der Waals surface area (Å²) in [5, 5.41) is 10.8. The average molecular weight is 275 g/mol. The molecular formula is C9H11BrN2O3. The number of pyridine rings is 1. The quantitative estimate of drug-likeness (QED) is 0.628. The van der Waals surface area contributed by atoms with E-state index in [9.17, 15) is 10.1 Å². The number of nitrogens with zero attached hydrogens (tertiary/aromatic N) is 2. The predicted molar refractivity (Wildman–Crippen MR) is 59.2 cm³/mol.